The zero-order chi connectivity index (χ0) is 19.5. The fraction of sp³-hybridized carbons (Fsp3) is 0.350. The van der Waals surface area contributed by atoms with Crippen molar-refractivity contribution in [1.82, 2.24) is 5.32 Å². The van der Waals surface area contributed by atoms with E-state index in [2.05, 4.69) is 18.3 Å². The number of benzene rings is 2. The third kappa shape index (κ3) is 4.64. The minimum absolute atomic E-state index is 0.121. The molecule has 5 nitrogen and oxygen atoms in total. The van der Waals surface area contributed by atoms with Crippen molar-refractivity contribution >= 4 is 21.6 Å². The number of nitrogens with zero attached hydrogens (tertiary/aromatic N) is 1. The molecule has 0 heterocycles. The summed E-state index contributed by atoms with van der Waals surface area (Å²) in [4.78, 5) is 12.5. The summed E-state index contributed by atoms with van der Waals surface area (Å²) in [6, 6.07) is 12.6. The summed E-state index contributed by atoms with van der Waals surface area (Å²) in [5, 5.41) is 2.98. The molecule has 1 unspecified atom stereocenters. The molecule has 6 heteroatoms. The van der Waals surface area contributed by atoms with Gasteiger partial charge in [0.25, 0.3) is 5.91 Å². The van der Waals surface area contributed by atoms with Gasteiger partial charge in [-0.25, -0.2) is 8.42 Å². The summed E-state index contributed by atoms with van der Waals surface area (Å²) in [5.41, 5.74) is 4.50. The minimum atomic E-state index is -3.33. The molecule has 0 spiro atoms. The Hall–Kier alpha value is -2.34. The Morgan fingerprint density at radius 1 is 1.08 bits per heavy atom. The van der Waals surface area contributed by atoms with Crippen molar-refractivity contribution in [2.75, 3.05) is 17.1 Å². The number of aryl methyl sites for hydroxylation is 2. The minimum Gasteiger partial charge on any atom is -0.346 e. The molecule has 0 saturated heterocycles. The lowest BCUT2D eigenvalue weighted by Crippen LogP contribution is -2.29. The highest BCUT2D eigenvalue weighted by atomic mass is 32.2. The zero-order valence-corrected chi connectivity index (χ0v) is 16.7. The van der Waals surface area contributed by atoms with E-state index in [9.17, 15) is 13.2 Å². The van der Waals surface area contributed by atoms with E-state index >= 15 is 0 Å². The van der Waals surface area contributed by atoms with E-state index in [0.29, 0.717) is 17.8 Å². The van der Waals surface area contributed by atoms with Gasteiger partial charge in [0.15, 0.2) is 0 Å². The summed E-state index contributed by atoms with van der Waals surface area (Å²) in [6.45, 7) is 8.16. The van der Waals surface area contributed by atoms with Crippen LogP contribution in [0.2, 0.25) is 0 Å². The van der Waals surface area contributed by atoms with Crippen molar-refractivity contribution in [1.29, 1.82) is 0 Å². The summed E-state index contributed by atoms with van der Waals surface area (Å²) >= 11 is 0. The van der Waals surface area contributed by atoms with E-state index < -0.39 is 10.0 Å². The van der Waals surface area contributed by atoms with Gasteiger partial charge in [-0.1, -0.05) is 18.2 Å². The van der Waals surface area contributed by atoms with Gasteiger partial charge in [-0.3, -0.25) is 9.10 Å². The number of amides is 1. The molecule has 2 rings (SSSR count). The predicted molar refractivity (Wildman–Crippen MR) is 106 cm³/mol. The van der Waals surface area contributed by atoms with Crippen molar-refractivity contribution in [2.45, 2.75) is 33.7 Å². The molecular weight excluding hydrogens is 348 g/mol. The van der Waals surface area contributed by atoms with Gasteiger partial charge in [0, 0.05) is 12.1 Å². The molecule has 0 aliphatic heterocycles. The fourth-order valence-corrected chi connectivity index (χ4v) is 3.76. The highest BCUT2D eigenvalue weighted by Crippen LogP contribution is 2.20. The average Bonchev–Trinajstić information content (AvgIpc) is 2.57. The third-order valence-corrected chi connectivity index (χ3v) is 5.75. The van der Waals surface area contributed by atoms with Gasteiger partial charge in [0.2, 0.25) is 10.0 Å². The largest absolute Gasteiger partial charge is 0.346 e. The van der Waals surface area contributed by atoms with Crippen LogP contribution < -0.4 is 9.62 Å². The summed E-state index contributed by atoms with van der Waals surface area (Å²) in [5.74, 6) is -0.190. The smallest absolute Gasteiger partial charge is 0.251 e. The summed E-state index contributed by atoms with van der Waals surface area (Å²) in [6.07, 6.45) is 1.17. The van der Waals surface area contributed by atoms with Gasteiger partial charge in [-0.15, -0.1) is 0 Å². The molecule has 0 aliphatic carbocycles. The Morgan fingerprint density at radius 2 is 1.69 bits per heavy atom. The molecule has 0 bridgehead atoms. The first-order valence-electron chi connectivity index (χ1n) is 8.59. The summed E-state index contributed by atoms with van der Waals surface area (Å²) in [7, 11) is -3.33. The Balaban J connectivity index is 2.13. The molecule has 1 atom stereocenters. The highest BCUT2D eigenvalue weighted by Gasteiger charge is 2.16. The number of hydrogen-bond acceptors (Lipinski definition) is 3. The molecular formula is C20H26N2O3S. The van der Waals surface area contributed by atoms with Crippen LogP contribution in [0.5, 0.6) is 0 Å². The molecule has 2 aromatic rings. The molecule has 0 aromatic heterocycles. The first-order valence-corrected chi connectivity index (χ1v) is 10.4. The molecule has 0 aliphatic rings. The topological polar surface area (TPSA) is 66.5 Å². The Bertz CT molecular complexity index is 890. The maximum absolute atomic E-state index is 12.5. The van der Waals surface area contributed by atoms with Crippen molar-refractivity contribution < 1.29 is 13.2 Å². The van der Waals surface area contributed by atoms with E-state index in [0.717, 1.165) is 5.56 Å². The second kappa shape index (κ2) is 7.91. The first-order chi connectivity index (χ1) is 12.1. The zero-order valence-electron chi connectivity index (χ0n) is 15.9. The van der Waals surface area contributed by atoms with Gasteiger partial charge in [-0.05, 0) is 68.7 Å². The number of carbonyl (C=O) groups is 1. The van der Waals surface area contributed by atoms with E-state index in [1.807, 2.05) is 26.0 Å². The van der Waals surface area contributed by atoms with Crippen molar-refractivity contribution in [3.05, 3.63) is 64.7 Å². The van der Waals surface area contributed by atoms with Crippen LogP contribution in [-0.4, -0.2) is 27.1 Å². The predicted octanol–water partition coefficient (Wildman–Crippen LogP) is 3.58. The fourth-order valence-electron chi connectivity index (χ4n) is 2.78. The monoisotopic (exact) mass is 374 g/mol. The van der Waals surface area contributed by atoms with Crippen molar-refractivity contribution in [2.24, 2.45) is 0 Å². The molecule has 1 N–H and O–H groups in total. The molecule has 0 radical (unpaired) electrons. The number of rotatable bonds is 6. The van der Waals surface area contributed by atoms with Gasteiger partial charge in [-0.2, -0.15) is 0 Å². The maximum atomic E-state index is 12.5. The highest BCUT2D eigenvalue weighted by molar-refractivity contribution is 7.92. The lowest BCUT2D eigenvalue weighted by molar-refractivity contribution is 0.0940. The van der Waals surface area contributed by atoms with Crippen LogP contribution in [0.25, 0.3) is 0 Å². The molecule has 140 valence electrons. The number of nitrogens with one attached hydrogen (secondary N) is 1. The number of hydrogen-bond donors (Lipinski definition) is 1. The van der Waals surface area contributed by atoms with E-state index in [1.54, 1.807) is 31.2 Å². The lowest BCUT2D eigenvalue weighted by atomic mass is 10.0. The number of anilines is 1. The van der Waals surface area contributed by atoms with Crippen LogP contribution in [0.4, 0.5) is 5.69 Å². The van der Waals surface area contributed by atoms with Gasteiger partial charge < -0.3 is 5.32 Å². The van der Waals surface area contributed by atoms with Crippen molar-refractivity contribution in [3.8, 4) is 0 Å². The summed E-state index contributed by atoms with van der Waals surface area (Å²) < 4.78 is 24.9. The Morgan fingerprint density at radius 3 is 2.19 bits per heavy atom. The van der Waals surface area contributed by atoms with Crippen LogP contribution in [0.15, 0.2) is 42.5 Å². The third-order valence-electron chi connectivity index (χ3n) is 4.48. The van der Waals surface area contributed by atoms with Crippen molar-refractivity contribution in [3.63, 3.8) is 0 Å². The van der Waals surface area contributed by atoms with Crippen LogP contribution in [0.3, 0.4) is 0 Å². The second-order valence-electron chi connectivity index (χ2n) is 6.51. The SMILES string of the molecule is CCN(c1ccc(C(=O)NC(C)c2ccc(C)c(C)c2)cc1)S(C)(=O)=O. The quantitative estimate of drug-likeness (QED) is 0.840. The Kier molecular flexibility index (Phi) is 6.08. The van der Waals surface area contributed by atoms with Gasteiger partial charge >= 0.3 is 0 Å². The molecule has 0 saturated carbocycles. The lowest BCUT2D eigenvalue weighted by Gasteiger charge is -2.21. The molecule has 0 fully saturated rings. The normalized spacial score (nSPS) is 12.5. The average molecular weight is 375 g/mol. The second-order valence-corrected chi connectivity index (χ2v) is 8.42. The van der Waals surface area contributed by atoms with E-state index in [-0.39, 0.29) is 11.9 Å². The molecule has 2 aromatic carbocycles. The van der Waals surface area contributed by atoms with Crippen LogP contribution >= 0.6 is 0 Å². The van der Waals surface area contributed by atoms with Gasteiger partial charge in [0.1, 0.15) is 0 Å². The standard InChI is InChI=1S/C20H26N2O3S/c1-6-22(26(5,24)25)19-11-9-17(10-12-19)20(23)21-16(4)18-8-7-14(2)15(3)13-18/h7-13,16H,6H2,1-5H3,(H,21,23). The first kappa shape index (κ1) is 20.0. The van der Waals surface area contributed by atoms with E-state index in [1.165, 1.54) is 21.7 Å². The van der Waals surface area contributed by atoms with Gasteiger partial charge in [0.05, 0.1) is 18.0 Å². The number of sulfonamides is 1. The maximum Gasteiger partial charge on any atom is 0.251 e. The number of carbonyl (C=O) groups excluding carboxylic acids is 1. The molecule has 1 amide bonds. The van der Waals surface area contributed by atoms with E-state index in [4.69, 9.17) is 0 Å². The van der Waals surface area contributed by atoms with Crippen LogP contribution in [-0.2, 0) is 10.0 Å². The Labute approximate surface area is 156 Å². The van der Waals surface area contributed by atoms with Crippen LogP contribution in [0, 0.1) is 13.8 Å². The van der Waals surface area contributed by atoms with Crippen LogP contribution in [0.1, 0.15) is 46.9 Å². The molecule has 26 heavy (non-hydrogen) atoms.